The van der Waals surface area contributed by atoms with E-state index in [2.05, 4.69) is 21.5 Å². The number of hydrogen-bond donors (Lipinski definition) is 1. The minimum Gasteiger partial charge on any atom is -0.492 e. The molecule has 0 radical (unpaired) electrons. The molecule has 0 unspecified atom stereocenters. The van der Waals surface area contributed by atoms with Crippen molar-refractivity contribution in [2.45, 2.75) is 37.9 Å². The quantitative estimate of drug-likeness (QED) is 0.756. The van der Waals surface area contributed by atoms with Gasteiger partial charge in [-0.15, -0.1) is 12.3 Å². The smallest absolute Gasteiger partial charge is 0.220 e. The molecular formula is C18H19N3O3. The second kappa shape index (κ2) is 6.75. The Morgan fingerprint density at radius 1 is 1.38 bits per heavy atom. The second-order valence-electron chi connectivity index (χ2n) is 5.72. The zero-order valence-electron chi connectivity index (χ0n) is 13.5. The fourth-order valence-electron chi connectivity index (χ4n) is 2.66. The molecule has 6 heteroatoms. The Hall–Kier alpha value is -2.81. The molecule has 0 bridgehead atoms. The molecular weight excluding hydrogens is 306 g/mol. The lowest BCUT2D eigenvalue weighted by Gasteiger charge is -2.09. The number of carbonyl (C=O) groups excluding carboxylic acids is 1. The van der Waals surface area contributed by atoms with Gasteiger partial charge in [0.05, 0.1) is 19.0 Å². The van der Waals surface area contributed by atoms with Crippen molar-refractivity contribution >= 4 is 16.9 Å². The summed E-state index contributed by atoms with van der Waals surface area (Å²) < 4.78 is 11.2. The van der Waals surface area contributed by atoms with Gasteiger partial charge in [-0.1, -0.05) is 12.1 Å². The Kier molecular flexibility index (Phi) is 4.52. The summed E-state index contributed by atoms with van der Waals surface area (Å²) in [6, 6.07) is 7.61. The number of nitrogens with zero attached hydrogens (tertiary/aromatic N) is 2. The minimum absolute atomic E-state index is 0.0742. The molecule has 6 nitrogen and oxygen atoms in total. The van der Waals surface area contributed by atoms with E-state index in [-0.39, 0.29) is 12.5 Å². The summed E-state index contributed by atoms with van der Waals surface area (Å²) in [5.74, 6) is 3.76. The highest BCUT2D eigenvalue weighted by Gasteiger charge is 2.39. The fraction of sp³-hybridized carbons (Fsp3) is 0.389. The van der Waals surface area contributed by atoms with Crippen LogP contribution in [0.2, 0.25) is 0 Å². The predicted molar refractivity (Wildman–Crippen MR) is 89.5 cm³/mol. The van der Waals surface area contributed by atoms with Crippen molar-refractivity contribution in [2.75, 3.05) is 7.11 Å². The van der Waals surface area contributed by atoms with Gasteiger partial charge in [0.25, 0.3) is 0 Å². The lowest BCUT2D eigenvalue weighted by molar-refractivity contribution is -0.121. The highest BCUT2D eigenvalue weighted by molar-refractivity contribution is 5.85. The van der Waals surface area contributed by atoms with Crippen molar-refractivity contribution in [2.24, 2.45) is 10.2 Å². The van der Waals surface area contributed by atoms with Gasteiger partial charge in [-0.05, 0) is 12.1 Å². The largest absolute Gasteiger partial charge is 0.492 e. The molecule has 0 atom stereocenters. The third kappa shape index (κ3) is 3.40. The predicted octanol–water partition coefficient (Wildman–Crippen LogP) is 3.41. The van der Waals surface area contributed by atoms with Crippen LogP contribution >= 0.6 is 0 Å². The molecule has 124 valence electrons. The number of amides is 1. The highest BCUT2D eigenvalue weighted by Crippen LogP contribution is 2.37. The van der Waals surface area contributed by atoms with Crippen molar-refractivity contribution < 1.29 is 13.9 Å². The normalized spacial score (nSPS) is 14.3. The molecule has 3 rings (SSSR count). The summed E-state index contributed by atoms with van der Waals surface area (Å²) in [6.45, 7) is 0.280. The Morgan fingerprint density at radius 3 is 2.88 bits per heavy atom. The molecule has 0 saturated carbocycles. The highest BCUT2D eigenvalue weighted by atomic mass is 16.5. The molecule has 0 spiro atoms. The summed E-state index contributed by atoms with van der Waals surface area (Å²) >= 11 is 0. The SMILES string of the molecule is C#CCCC1(CCC(=O)NCc2oc3ccccc3c2OC)N=N1. The first-order chi connectivity index (χ1) is 11.7. The number of furan rings is 1. The summed E-state index contributed by atoms with van der Waals surface area (Å²) in [6.07, 6.45) is 7.50. The number of para-hydroxylation sites is 1. The van der Waals surface area contributed by atoms with Crippen LogP contribution in [0.3, 0.4) is 0 Å². The average Bonchev–Trinajstić information content (AvgIpc) is 3.29. The van der Waals surface area contributed by atoms with Gasteiger partial charge in [0, 0.05) is 25.7 Å². The van der Waals surface area contributed by atoms with Crippen molar-refractivity contribution in [3.05, 3.63) is 30.0 Å². The lowest BCUT2D eigenvalue weighted by atomic mass is 10.0. The average molecular weight is 325 g/mol. The fourth-order valence-corrected chi connectivity index (χ4v) is 2.66. The Balaban J connectivity index is 1.54. The van der Waals surface area contributed by atoms with E-state index < -0.39 is 5.66 Å². The zero-order chi connectivity index (χ0) is 17.0. The maximum Gasteiger partial charge on any atom is 0.220 e. The first-order valence-corrected chi connectivity index (χ1v) is 7.86. The van der Waals surface area contributed by atoms with E-state index in [9.17, 15) is 4.79 Å². The number of ether oxygens (including phenoxy) is 1. The molecule has 1 amide bonds. The van der Waals surface area contributed by atoms with Gasteiger partial charge >= 0.3 is 0 Å². The number of terminal acetylenes is 1. The third-order valence-electron chi connectivity index (χ3n) is 4.07. The summed E-state index contributed by atoms with van der Waals surface area (Å²) in [4.78, 5) is 12.1. The first kappa shape index (κ1) is 16.1. The van der Waals surface area contributed by atoms with Crippen molar-refractivity contribution in [1.29, 1.82) is 0 Å². The molecule has 2 heterocycles. The summed E-state index contributed by atoms with van der Waals surface area (Å²) in [5.41, 5.74) is 0.309. The summed E-state index contributed by atoms with van der Waals surface area (Å²) in [7, 11) is 1.59. The molecule has 1 N–H and O–H groups in total. The lowest BCUT2D eigenvalue weighted by Crippen LogP contribution is -2.24. The number of nitrogens with one attached hydrogen (secondary N) is 1. The summed E-state index contributed by atoms with van der Waals surface area (Å²) in [5, 5.41) is 11.8. The number of hydrogen-bond acceptors (Lipinski definition) is 5. The van der Waals surface area contributed by atoms with Crippen LogP contribution in [0.5, 0.6) is 5.75 Å². The molecule has 24 heavy (non-hydrogen) atoms. The van der Waals surface area contributed by atoms with Crippen molar-refractivity contribution in [3.8, 4) is 18.1 Å². The van der Waals surface area contributed by atoms with Crippen molar-refractivity contribution in [3.63, 3.8) is 0 Å². The zero-order valence-corrected chi connectivity index (χ0v) is 13.5. The number of methoxy groups -OCH3 is 1. The Morgan fingerprint density at radius 2 is 2.17 bits per heavy atom. The Labute approximate surface area is 140 Å². The van der Waals surface area contributed by atoms with Gasteiger partial charge in [-0.2, -0.15) is 10.2 Å². The van der Waals surface area contributed by atoms with Crippen LogP contribution in [-0.4, -0.2) is 18.7 Å². The molecule has 1 aromatic heterocycles. The first-order valence-electron chi connectivity index (χ1n) is 7.86. The van der Waals surface area contributed by atoms with E-state index in [1.165, 1.54) is 0 Å². The number of fused-ring (bicyclic) bond motifs is 1. The molecule has 1 aliphatic rings. The van der Waals surface area contributed by atoms with E-state index in [1.54, 1.807) is 7.11 Å². The van der Waals surface area contributed by atoms with Gasteiger partial charge in [-0.25, -0.2) is 0 Å². The van der Waals surface area contributed by atoms with Gasteiger partial charge in [0.15, 0.2) is 17.2 Å². The molecule has 1 aliphatic heterocycles. The van der Waals surface area contributed by atoms with E-state index in [0.717, 1.165) is 11.0 Å². The van der Waals surface area contributed by atoms with Gasteiger partial charge in [0.1, 0.15) is 5.58 Å². The standard InChI is InChI=1S/C18H19N3O3/c1-3-4-10-18(20-21-18)11-9-16(22)19-12-15-17(23-2)13-7-5-6-8-14(13)24-15/h1,5-8H,4,9-12H2,2H3,(H,19,22). The van der Waals surface area contributed by atoms with Crippen LogP contribution in [0.15, 0.2) is 38.9 Å². The van der Waals surface area contributed by atoms with E-state index in [4.69, 9.17) is 15.6 Å². The maximum atomic E-state index is 12.1. The van der Waals surface area contributed by atoms with Gasteiger partial charge < -0.3 is 14.5 Å². The maximum absolute atomic E-state index is 12.1. The van der Waals surface area contributed by atoms with Crippen LogP contribution in [0.25, 0.3) is 11.0 Å². The molecule has 0 aliphatic carbocycles. The number of benzene rings is 1. The molecule has 1 aromatic carbocycles. The van der Waals surface area contributed by atoms with Gasteiger partial charge in [-0.3, -0.25) is 4.79 Å². The van der Waals surface area contributed by atoms with E-state index in [0.29, 0.717) is 37.2 Å². The topological polar surface area (TPSA) is 76.2 Å². The molecule has 0 fully saturated rings. The third-order valence-corrected chi connectivity index (χ3v) is 4.07. The van der Waals surface area contributed by atoms with Gasteiger partial charge in [0.2, 0.25) is 5.91 Å². The van der Waals surface area contributed by atoms with Crippen molar-refractivity contribution in [1.82, 2.24) is 5.32 Å². The van der Waals surface area contributed by atoms with E-state index in [1.807, 2.05) is 24.3 Å². The van der Waals surface area contributed by atoms with E-state index >= 15 is 0 Å². The molecule has 0 saturated heterocycles. The van der Waals surface area contributed by atoms with Crippen LogP contribution in [0.1, 0.15) is 31.4 Å². The van der Waals surface area contributed by atoms with Crippen LogP contribution in [0.4, 0.5) is 0 Å². The van der Waals surface area contributed by atoms with Crippen LogP contribution < -0.4 is 10.1 Å². The van der Waals surface area contributed by atoms with Crippen LogP contribution in [0, 0.1) is 12.3 Å². The Bertz CT molecular complexity index is 811. The second-order valence-corrected chi connectivity index (χ2v) is 5.72. The molecule has 2 aromatic rings. The minimum atomic E-state index is -0.430. The number of carbonyl (C=O) groups is 1. The van der Waals surface area contributed by atoms with Crippen LogP contribution in [-0.2, 0) is 11.3 Å². The number of rotatable bonds is 8. The monoisotopic (exact) mass is 325 g/mol.